The Bertz CT molecular complexity index is 1420. The number of carbonyl (C=O) groups is 1. The Morgan fingerprint density at radius 1 is 0.781 bits per heavy atom. The summed E-state index contributed by atoms with van der Waals surface area (Å²) in [5.74, 6) is 2.20. The van der Waals surface area contributed by atoms with Gasteiger partial charge in [0, 0.05) is 26.8 Å². The summed E-state index contributed by atoms with van der Waals surface area (Å²) in [6.07, 6.45) is 5.74. The molecule has 0 amide bonds. The normalized spacial score (nSPS) is 12.9. The molecule has 5 aromatic rings. The molecule has 3 heteroatoms. The molecular formula is C29H21O2S+. The molecule has 0 saturated heterocycles. The van der Waals surface area contributed by atoms with Crippen LogP contribution in [-0.2, 0) is 10.3 Å². The molecule has 1 atom stereocenters. The lowest BCUT2D eigenvalue weighted by Gasteiger charge is -2.24. The van der Waals surface area contributed by atoms with E-state index in [1.165, 1.54) is 25.1 Å². The molecule has 1 unspecified atom stereocenters. The van der Waals surface area contributed by atoms with E-state index in [1.807, 2.05) is 54.6 Å². The first-order chi connectivity index (χ1) is 15.6. The molecular weight excluding hydrogens is 412 g/mol. The van der Waals surface area contributed by atoms with E-state index in [0.29, 0.717) is 5.56 Å². The van der Waals surface area contributed by atoms with Crippen LogP contribution < -0.4 is 0 Å². The van der Waals surface area contributed by atoms with Gasteiger partial charge in [-0.15, -0.1) is 6.42 Å². The maximum absolute atomic E-state index is 12.9. The number of fused-ring (bicyclic) bond motifs is 3. The van der Waals surface area contributed by atoms with Gasteiger partial charge in [0.2, 0.25) is 0 Å². The Balaban J connectivity index is 1.50. The zero-order chi connectivity index (χ0) is 22.1. The molecule has 0 bridgehead atoms. The Morgan fingerprint density at radius 3 is 1.88 bits per heavy atom. The molecule has 1 heterocycles. The molecule has 154 valence electrons. The molecule has 32 heavy (non-hydrogen) atoms. The van der Waals surface area contributed by atoms with Crippen LogP contribution >= 0.6 is 10.5 Å². The van der Waals surface area contributed by atoms with Crippen LogP contribution in [0.15, 0.2) is 103 Å². The first-order valence-electron chi connectivity index (χ1n) is 10.4. The van der Waals surface area contributed by atoms with Crippen molar-refractivity contribution in [3.05, 3.63) is 114 Å². The summed E-state index contributed by atoms with van der Waals surface area (Å²) >= 11 is 0. The minimum Gasteiger partial charge on any atom is -0.438 e. The summed E-state index contributed by atoms with van der Waals surface area (Å²) < 4.78 is 8.39. The topological polar surface area (TPSA) is 26.3 Å². The maximum atomic E-state index is 12.9. The summed E-state index contributed by atoms with van der Waals surface area (Å²) in [7, 11) is -0.197. The van der Waals surface area contributed by atoms with Crippen molar-refractivity contribution in [3.63, 3.8) is 0 Å². The van der Waals surface area contributed by atoms with Gasteiger partial charge in [0.05, 0.1) is 5.56 Å². The molecule has 0 saturated carbocycles. The second-order valence-electron chi connectivity index (χ2n) is 7.76. The smallest absolute Gasteiger partial charge is 0.339 e. The number of rotatable bonds is 4. The predicted octanol–water partition coefficient (Wildman–Crippen LogP) is 7.44. The van der Waals surface area contributed by atoms with Gasteiger partial charge in [-0.25, -0.2) is 4.79 Å². The third kappa shape index (κ3) is 3.36. The van der Waals surface area contributed by atoms with Crippen molar-refractivity contribution >= 4 is 36.6 Å². The van der Waals surface area contributed by atoms with Crippen LogP contribution in [0.2, 0.25) is 0 Å². The van der Waals surface area contributed by atoms with Crippen LogP contribution in [0.1, 0.15) is 22.8 Å². The number of esters is 1. The largest absolute Gasteiger partial charge is 0.438 e. The number of thiophene rings is 1. The van der Waals surface area contributed by atoms with E-state index in [0.717, 1.165) is 5.56 Å². The minimum absolute atomic E-state index is 0.197. The van der Waals surface area contributed by atoms with E-state index in [4.69, 9.17) is 11.2 Å². The number of ether oxygens (including phenoxy) is 1. The van der Waals surface area contributed by atoms with Crippen molar-refractivity contribution in [2.24, 2.45) is 0 Å². The molecule has 0 fully saturated rings. The fourth-order valence-corrected chi connectivity index (χ4v) is 6.38. The lowest BCUT2D eigenvalue weighted by Crippen LogP contribution is -2.27. The Kier molecular flexibility index (Phi) is 5.01. The fourth-order valence-electron chi connectivity index (χ4n) is 4.01. The molecule has 1 aromatic heterocycles. The van der Waals surface area contributed by atoms with Gasteiger partial charge in [-0.2, -0.15) is 0 Å². The van der Waals surface area contributed by atoms with Crippen molar-refractivity contribution in [2.45, 2.75) is 12.5 Å². The SMILES string of the molecule is C#CC(C)(OC(=O)c1ccc(-[s+]2c3ccccc3c3ccccc32)cc1)c1ccccc1. The average molecular weight is 434 g/mol. The summed E-state index contributed by atoms with van der Waals surface area (Å²) in [5, 5.41) is 2.56. The summed E-state index contributed by atoms with van der Waals surface area (Å²) in [6, 6.07) is 34.2. The molecule has 0 aliphatic heterocycles. The lowest BCUT2D eigenvalue weighted by atomic mass is 9.96. The zero-order valence-corrected chi connectivity index (χ0v) is 18.4. The standard InChI is InChI=1S/C29H21O2S/c1-3-29(2,22-11-5-4-6-12-22)31-28(30)21-17-19-23(20-18-21)32-26-15-9-7-13-24(26)25-14-8-10-16-27(25)32/h1,4-20H,2H3/q+1. The van der Waals surface area contributed by atoms with Gasteiger partial charge in [-0.3, -0.25) is 0 Å². The summed E-state index contributed by atoms with van der Waals surface area (Å²) in [6.45, 7) is 1.74. The van der Waals surface area contributed by atoms with E-state index in [9.17, 15) is 4.79 Å². The molecule has 5 rings (SSSR count). The second-order valence-corrected chi connectivity index (χ2v) is 9.72. The monoisotopic (exact) mass is 433 g/mol. The number of hydrogen-bond donors (Lipinski definition) is 0. The van der Waals surface area contributed by atoms with Gasteiger partial charge in [0.25, 0.3) is 0 Å². The maximum Gasteiger partial charge on any atom is 0.339 e. The highest BCUT2D eigenvalue weighted by atomic mass is 32.2. The zero-order valence-electron chi connectivity index (χ0n) is 17.6. The Labute approximate surface area is 190 Å². The predicted molar refractivity (Wildman–Crippen MR) is 133 cm³/mol. The third-order valence-electron chi connectivity index (χ3n) is 5.73. The molecule has 4 aromatic carbocycles. The van der Waals surface area contributed by atoms with Crippen LogP contribution in [0.4, 0.5) is 0 Å². The highest BCUT2D eigenvalue weighted by molar-refractivity contribution is 7.50. The Morgan fingerprint density at radius 2 is 1.31 bits per heavy atom. The van der Waals surface area contributed by atoms with Crippen molar-refractivity contribution in [1.29, 1.82) is 0 Å². The van der Waals surface area contributed by atoms with Crippen molar-refractivity contribution in [2.75, 3.05) is 0 Å². The molecule has 0 aliphatic rings. The van der Waals surface area contributed by atoms with E-state index in [-0.39, 0.29) is 10.5 Å². The van der Waals surface area contributed by atoms with Crippen LogP contribution in [-0.4, -0.2) is 5.97 Å². The first-order valence-corrected chi connectivity index (χ1v) is 11.6. The van der Waals surface area contributed by atoms with E-state index in [1.54, 1.807) is 6.92 Å². The van der Waals surface area contributed by atoms with Gasteiger partial charge in [-0.05, 0) is 55.5 Å². The van der Waals surface area contributed by atoms with Gasteiger partial charge < -0.3 is 4.74 Å². The summed E-state index contributed by atoms with van der Waals surface area (Å²) in [4.78, 5) is 14.1. The molecule has 0 N–H and O–H groups in total. The van der Waals surface area contributed by atoms with E-state index < -0.39 is 11.6 Å². The number of benzene rings is 4. The highest BCUT2D eigenvalue weighted by Gasteiger charge is 2.29. The van der Waals surface area contributed by atoms with Crippen molar-refractivity contribution in [1.82, 2.24) is 0 Å². The molecule has 0 radical (unpaired) electrons. The molecule has 0 aliphatic carbocycles. The van der Waals surface area contributed by atoms with Gasteiger partial charge in [-0.1, -0.05) is 60.5 Å². The number of hydrogen-bond acceptors (Lipinski definition) is 2. The van der Waals surface area contributed by atoms with E-state index >= 15 is 0 Å². The number of terminal acetylenes is 1. The van der Waals surface area contributed by atoms with Crippen LogP contribution in [0.5, 0.6) is 0 Å². The highest BCUT2D eigenvalue weighted by Crippen LogP contribution is 2.48. The quantitative estimate of drug-likeness (QED) is 0.167. The van der Waals surface area contributed by atoms with Gasteiger partial charge in [0.1, 0.15) is 0 Å². The van der Waals surface area contributed by atoms with E-state index in [2.05, 4.69) is 54.5 Å². The Hall–Kier alpha value is -3.87. The molecule has 0 spiro atoms. The molecule has 2 nitrogen and oxygen atoms in total. The van der Waals surface area contributed by atoms with Gasteiger partial charge in [0.15, 0.2) is 19.9 Å². The minimum atomic E-state index is -1.12. The first kappa shape index (κ1) is 20.1. The average Bonchev–Trinajstić information content (AvgIpc) is 3.19. The van der Waals surface area contributed by atoms with Crippen LogP contribution in [0, 0.1) is 12.3 Å². The third-order valence-corrected chi connectivity index (χ3v) is 8.06. The fraction of sp³-hybridized carbons (Fsp3) is 0.0690. The van der Waals surface area contributed by atoms with Gasteiger partial charge >= 0.3 is 5.97 Å². The second kappa shape index (κ2) is 8.00. The lowest BCUT2D eigenvalue weighted by molar-refractivity contribution is 0.0129. The number of carbonyl (C=O) groups excluding carboxylic acids is 1. The van der Waals surface area contributed by atoms with Crippen molar-refractivity contribution in [3.8, 4) is 17.2 Å². The van der Waals surface area contributed by atoms with Crippen LogP contribution in [0.25, 0.3) is 25.1 Å². The van der Waals surface area contributed by atoms with Crippen molar-refractivity contribution < 1.29 is 9.53 Å². The summed E-state index contributed by atoms with van der Waals surface area (Å²) in [5.41, 5.74) is 0.130. The van der Waals surface area contributed by atoms with Crippen LogP contribution in [0.3, 0.4) is 0 Å².